The number of hydrogen-bond donors (Lipinski definition) is 6. The van der Waals surface area contributed by atoms with Crippen LogP contribution in [0.3, 0.4) is 0 Å². The summed E-state index contributed by atoms with van der Waals surface area (Å²) < 4.78 is 7.65. The fourth-order valence-corrected chi connectivity index (χ4v) is 3.01. The van der Waals surface area contributed by atoms with E-state index in [-0.39, 0.29) is 6.61 Å². The molecule has 0 aromatic carbocycles. The number of nitrogens with two attached hydrogens (primary N) is 1. The first-order valence-corrected chi connectivity index (χ1v) is 12.8. The molecule has 3 heterocycles. The molecule has 7 N–H and O–H groups in total. The maximum atomic E-state index is 10.1. The molecule has 134 valence electrons. The molecule has 0 bridgehead atoms. The molecule has 13 heteroatoms. The minimum atomic E-state index is -1.17. The molecule has 0 aliphatic carbocycles. The van der Waals surface area contributed by atoms with Gasteiger partial charge in [-0.15, -0.1) is 0 Å². The van der Waals surface area contributed by atoms with Crippen LogP contribution < -0.4 is 21.9 Å². The van der Waals surface area contributed by atoms with E-state index in [1.807, 2.05) is 0 Å². The van der Waals surface area contributed by atoms with Crippen LogP contribution in [0.2, 0.25) is 0 Å². The zero-order valence-corrected chi connectivity index (χ0v) is 16.9. The molecule has 2 aliphatic heterocycles. The number of aliphatic hydroxyl groups excluding tert-OH is 3. The molecule has 9 nitrogen and oxygen atoms in total. The first-order valence-electron chi connectivity index (χ1n) is 6.29. The molecular weight excluding hydrogens is 599 g/mol. The number of ether oxygens (including phenoxy) is 1. The third-order valence-corrected chi connectivity index (χ3v) is 4.07. The van der Waals surface area contributed by atoms with Crippen molar-refractivity contribution < 1.29 is 36.5 Å². The van der Waals surface area contributed by atoms with E-state index in [2.05, 4.69) is 30.9 Å². The molecule has 0 radical (unpaired) electrons. The maximum absolute atomic E-state index is 10.1. The second-order valence-corrected chi connectivity index (χ2v) is 8.77. The number of halogens is 2. The van der Waals surface area contributed by atoms with Crippen LogP contribution in [0.1, 0.15) is 6.23 Å². The van der Waals surface area contributed by atoms with Gasteiger partial charge in [0.25, 0.3) is 0 Å². The molecule has 0 spiro atoms. The molecule has 0 unspecified atom stereocenters. The third kappa shape index (κ3) is 3.86. The van der Waals surface area contributed by atoms with Crippen molar-refractivity contribution in [2.45, 2.75) is 24.5 Å². The molecule has 3 rings (SSSR count). The van der Waals surface area contributed by atoms with Crippen molar-refractivity contribution in [1.29, 1.82) is 0 Å². The van der Waals surface area contributed by atoms with Crippen molar-refractivity contribution in [3.8, 4) is 0 Å². The van der Waals surface area contributed by atoms with Crippen molar-refractivity contribution in [3.63, 3.8) is 0 Å². The number of H-pyrrole nitrogens is 1. The van der Waals surface area contributed by atoms with Gasteiger partial charge in [0, 0.05) is 0 Å². The van der Waals surface area contributed by atoms with Crippen LogP contribution in [0, 0.1) is 4.32 Å². The second-order valence-electron chi connectivity index (χ2n) is 4.68. The molecular formula is C10H15Cl2N5O4PtSe. The first-order chi connectivity index (χ1) is 11.0. The van der Waals surface area contributed by atoms with Crippen LogP contribution in [-0.2, 0) is 21.2 Å². The number of fused-ring (bicyclic) bond motifs is 1. The fourth-order valence-electron chi connectivity index (χ4n) is 2.40. The van der Waals surface area contributed by atoms with Crippen LogP contribution in [0.5, 0.6) is 0 Å². The van der Waals surface area contributed by atoms with Gasteiger partial charge in [0.05, 0.1) is 0 Å². The minimum absolute atomic E-state index is 0.310. The van der Waals surface area contributed by atoms with Crippen molar-refractivity contribution in [3.05, 3.63) is 15.2 Å². The van der Waals surface area contributed by atoms with E-state index >= 15 is 0 Å². The molecule has 1 aromatic heterocycles. The van der Waals surface area contributed by atoms with E-state index < -0.39 is 41.0 Å². The fraction of sp³-hybridized carbons (Fsp3) is 0.600. The number of nitrogens with zero attached hydrogens (tertiary/aromatic N) is 2. The van der Waals surface area contributed by atoms with E-state index in [0.29, 0.717) is 27.7 Å². The summed E-state index contributed by atoms with van der Waals surface area (Å²) in [7, 11) is 9.75. The zero-order valence-electron chi connectivity index (χ0n) is 11.4. The molecule has 1 aromatic rings. The van der Waals surface area contributed by atoms with E-state index in [9.17, 15) is 10.2 Å². The van der Waals surface area contributed by atoms with E-state index in [1.54, 1.807) is 4.57 Å². The summed E-state index contributed by atoms with van der Waals surface area (Å²) in [6, 6.07) is 0. The van der Waals surface area contributed by atoms with Crippen LogP contribution >= 0.6 is 18.8 Å². The normalized spacial score (nSPS) is 29.3. The summed E-state index contributed by atoms with van der Waals surface area (Å²) in [6.45, 7) is -0.0669. The number of aromatic nitrogens is 2. The molecule has 1 fully saturated rings. The topological polar surface area (TPSA) is 141 Å². The Hall–Kier alpha value is 0.108. The molecule has 4 atom stereocenters. The van der Waals surface area contributed by atoms with Crippen LogP contribution in [0.15, 0.2) is 4.99 Å². The van der Waals surface area contributed by atoms with Gasteiger partial charge in [-0.05, 0) is 0 Å². The molecule has 2 aliphatic rings. The summed E-state index contributed by atoms with van der Waals surface area (Å²) in [6.07, 6.45) is -4.02. The van der Waals surface area contributed by atoms with Gasteiger partial charge in [0.2, 0.25) is 0 Å². The monoisotopic (exact) mass is 614 g/mol. The Kier molecular flexibility index (Phi) is 7.15. The zero-order chi connectivity index (χ0) is 17.1. The van der Waals surface area contributed by atoms with Gasteiger partial charge in [0.1, 0.15) is 0 Å². The van der Waals surface area contributed by atoms with Crippen molar-refractivity contribution in [1.82, 2.24) is 14.9 Å². The number of imidazole rings is 1. The molecule has 0 amide bonds. The van der Waals surface area contributed by atoms with Crippen molar-refractivity contribution >= 4 is 40.2 Å². The summed E-state index contributed by atoms with van der Waals surface area (Å²) >= 11 is 2.34. The Morgan fingerprint density at radius 1 is 1.43 bits per heavy atom. The molecule has 1 saturated heterocycles. The Morgan fingerprint density at radius 2 is 2.09 bits per heavy atom. The van der Waals surface area contributed by atoms with E-state index in [0.717, 1.165) is 0 Å². The quantitative estimate of drug-likeness (QED) is 0.193. The number of aromatic amines is 1. The van der Waals surface area contributed by atoms with Gasteiger partial charge in [-0.25, -0.2) is 0 Å². The van der Waals surface area contributed by atoms with E-state index in [4.69, 9.17) is 34.4 Å². The summed E-state index contributed by atoms with van der Waals surface area (Å²) in [5, 5.41) is 32.5. The van der Waals surface area contributed by atoms with E-state index in [1.165, 1.54) is 0 Å². The van der Waals surface area contributed by atoms with Gasteiger partial charge < -0.3 is 0 Å². The number of nitrogens with one attached hydrogen (secondary N) is 2. The Balaban J connectivity index is 0.000000595. The predicted molar refractivity (Wildman–Crippen MR) is 78.9 cm³/mol. The summed E-state index contributed by atoms with van der Waals surface area (Å²) in [5.41, 5.74) is 6.36. The van der Waals surface area contributed by atoms with Crippen molar-refractivity contribution in [2.24, 2.45) is 10.7 Å². The third-order valence-electron chi connectivity index (χ3n) is 3.44. The van der Waals surface area contributed by atoms with Gasteiger partial charge in [-0.1, -0.05) is 0 Å². The SMILES string of the molecule is NC1=c2[nH]c(=[Se])n([C@@H]3O[C@H](CO)[C@@H](O)[C@H]3O)c2=NCN1.[Cl][Pt][Cl]. The molecule has 23 heavy (non-hydrogen) atoms. The van der Waals surface area contributed by atoms with Gasteiger partial charge >= 0.3 is 155 Å². The first kappa shape index (κ1) is 19.4. The van der Waals surface area contributed by atoms with Crippen LogP contribution in [-0.4, -0.2) is 72.0 Å². The number of aliphatic hydroxyl groups is 3. The summed E-state index contributed by atoms with van der Waals surface area (Å²) in [4.78, 5) is 7.30. The Labute approximate surface area is 154 Å². The van der Waals surface area contributed by atoms with Crippen molar-refractivity contribution in [2.75, 3.05) is 13.3 Å². The second kappa shape index (κ2) is 8.47. The summed E-state index contributed by atoms with van der Waals surface area (Å²) in [5.74, 6) is 0.442. The van der Waals surface area contributed by atoms with Gasteiger partial charge in [-0.2, -0.15) is 0 Å². The Morgan fingerprint density at radius 3 is 2.65 bits per heavy atom. The van der Waals surface area contributed by atoms with Crippen LogP contribution in [0.25, 0.3) is 5.82 Å². The predicted octanol–water partition coefficient (Wildman–Crippen LogP) is -3.29. The Bertz CT molecular complexity index is 728. The molecule has 0 saturated carbocycles. The average molecular weight is 614 g/mol. The average Bonchev–Trinajstić information content (AvgIpc) is 2.99. The number of hydrogen-bond acceptors (Lipinski definition) is 7. The van der Waals surface area contributed by atoms with Gasteiger partial charge in [0.15, 0.2) is 0 Å². The van der Waals surface area contributed by atoms with Gasteiger partial charge in [-0.3, -0.25) is 0 Å². The number of rotatable bonds is 2. The standard InChI is InChI=1S/C10H15N5O4Se.2ClH.Pt/c11-7-4-8(13-2-12-7)15(10(20)14-4)9-6(18)5(17)3(1-16)19-9;;;/h3,5-6,9,12,16-18H,1-2,11H2,(H,14,20);2*1H;/q;;;+2/p-2/t3-,5-,6-,9-;;;/m1.../s1. The van der Waals surface area contributed by atoms with Crippen LogP contribution in [0.4, 0.5) is 0 Å².